The summed E-state index contributed by atoms with van der Waals surface area (Å²) in [5.41, 5.74) is 1.95. The Morgan fingerprint density at radius 1 is 0.702 bits per heavy atom. The van der Waals surface area contributed by atoms with Gasteiger partial charge in [-0.15, -0.1) is 0 Å². The van der Waals surface area contributed by atoms with Gasteiger partial charge in [0.25, 0.3) is 40.5 Å². The predicted octanol–water partition coefficient (Wildman–Crippen LogP) is 5.84. The predicted molar refractivity (Wildman–Crippen MR) is 214 cm³/mol. The summed E-state index contributed by atoms with van der Waals surface area (Å²) in [6, 6.07) is 8.33. The monoisotopic (exact) mass is 873 g/mol. The molecule has 2 aliphatic heterocycles. The number of carboxylic acids is 1. The highest BCUT2D eigenvalue weighted by Gasteiger charge is 2.47. The Hall–Kier alpha value is -3.63. The fourth-order valence-corrected chi connectivity index (χ4v) is 9.69. The van der Waals surface area contributed by atoms with Crippen molar-refractivity contribution in [1.82, 2.24) is 0 Å². The van der Waals surface area contributed by atoms with Gasteiger partial charge in [0.05, 0.1) is 32.4 Å². The van der Waals surface area contributed by atoms with Crippen LogP contribution in [-0.2, 0) is 56.1 Å². The van der Waals surface area contributed by atoms with Crippen LogP contribution < -0.4 is 0 Å². The molecule has 2 aliphatic rings. The molecule has 0 saturated heterocycles. The van der Waals surface area contributed by atoms with Crippen molar-refractivity contribution in [3.63, 3.8) is 0 Å². The van der Waals surface area contributed by atoms with Gasteiger partial charge in [-0.25, -0.2) is 0 Å². The normalized spacial score (nSPS) is 20.1. The molecule has 4 rings (SSSR count). The minimum Gasteiger partial charge on any atom is -0.481 e. The second kappa shape index (κ2) is 18.1. The van der Waals surface area contributed by atoms with Crippen molar-refractivity contribution in [3.8, 4) is 0 Å². The molecule has 0 fully saturated rings. The zero-order valence-electron chi connectivity index (χ0n) is 31.6. The van der Waals surface area contributed by atoms with Gasteiger partial charge in [0.1, 0.15) is 6.54 Å². The summed E-state index contributed by atoms with van der Waals surface area (Å²) in [7, 11) is -17.5. The van der Waals surface area contributed by atoms with Gasteiger partial charge in [-0.1, -0.05) is 44.4 Å². The summed E-state index contributed by atoms with van der Waals surface area (Å²) in [6.45, 7) is 4.05. The Morgan fingerprint density at radius 3 is 1.86 bits per heavy atom. The zero-order valence-corrected chi connectivity index (χ0v) is 34.9. The topological polar surface area (TPSA) is 270 Å². The van der Waals surface area contributed by atoms with Crippen molar-refractivity contribution in [3.05, 3.63) is 71.8 Å². The molecule has 0 bridgehead atoms. The minimum absolute atomic E-state index is 0.0109. The highest BCUT2D eigenvalue weighted by molar-refractivity contribution is 7.86. The summed E-state index contributed by atoms with van der Waals surface area (Å²) < 4.78 is 134. The van der Waals surface area contributed by atoms with Crippen LogP contribution in [0.25, 0.3) is 0 Å². The van der Waals surface area contributed by atoms with Gasteiger partial charge in [0.2, 0.25) is 5.69 Å². The van der Waals surface area contributed by atoms with Gasteiger partial charge in [0, 0.05) is 48.1 Å². The maximum atomic E-state index is 12.2. The molecule has 0 saturated carbocycles. The Balaban J connectivity index is 1.68. The first-order chi connectivity index (χ1) is 26.3. The number of hydrogen-bond acceptors (Lipinski definition) is 10. The van der Waals surface area contributed by atoms with E-state index in [4.69, 9.17) is 10.1 Å². The molecule has 2 unspecified atom stereocenters. The van der Waals surface area contributed by atoms with Crippen LogP contribution in [0.3, 0.4) is 0 Å². The van der Waals surface area contributed by atoms with E-state index in [1.165, 1.54) is 30.3 Å². The van der Waals surface area contributed by atoms with E-state index in [9.17, 15) is 56.7 Å². The highest BCUT2D eigenvalue weighted by Crippen LogP contribution is 2.46. The third kappa shape index (κ3) is 12.2. The summed E-state index contributed by atoms with van der Waals surface area (Å²) >= 11 is 0. The number of aliphatic imine (C=N–C) groups is 1. The first kappa shape index (κ1) is 46.1. The van der Waals surface area contributed by atoms with E-state index < -0.39 is 68.8 Å². The Morgan fingerprint density at radius 2 is 1.26 bits per heavy atom. The first-order valence-electron chi connectivity index (χ1n) is 18.3. The molecule has 2 heterocycles. The Bertz CT molecular complexity index is 2440. The van der Waals surface area contributed by atoms with Crippen LogP contribution in [0, 0.1) is 0 Å². The number of carbonyl (C=O) groups is 1. The summed E-state index contributed by atoms with van der Waals surface area (Å²) in [5, 5.41) is 9.11. The molecule has 0 amide bonds. The van der Waals surface area contributed by atoms with E-state index >= 15 is 0 Å². The van der Waals surface area contributed by atoms with Gasteiger partial charge < -0.3 is 5.11 Å². The van der Waals surface area contributed by atoms with E-state index in [0.717, 1.165) is 5.71 Å². The zero-order chi connectivity index (χ0) is 42.5. The van der Waals surface area contributed by atoms with E-state index in [2.05, 4.69) is 0 Å². The van der Waals surface area contributed by atoms with Crippen LogP contribution in [0.1, 0.15) is 95.6 Å². The van der Waals surface area contributed by atoms with Crippen LogP contribution in [0.15, 0.2) is 75.5 Å². The first-order valence-corrected chi connectivity index (χ1v) is 24.4. The van der Waals surface area contributed by atoms with Gasteiger partial charge in [-0.3, -0.25) is 28.0 Å². The molecule has 2 atom stereocenters. The SMILES string of the molecule is CC1(CCCCS(=O)(=O)O)C(C/C=C/C=C/C2=[N+](CCCCS(=O)(=O)O)c3ccc(S(=O)(=O)O)cc3C2(C)CCCCCC(=O)O)=Nc2ccc(S(=O)(=O)O)cc21. The van der Waals surface area contributed by atoms with Crippen LogP contribution in [0.2, 0.25) is 0 Å². The highest BCUT2D eigenvalue weighted by atomic mass is 32.2. The smallest absolute Gasteiger partial charge is 0.303 e. The molecule has 0 radical (unpaired) electrons. The molecule has 2 aromatic carbocycles. The molecule has 57 heavy (non-hydrogen) atoms. The molecule has 0 aliphatic carbocycles. The largest absolute Gasteiger partial charge is 0.481 e. The minimum atomic E-state index is -4.58. The van der Waals surface area contributed by atoms with Crippen LogP contribution in [0.4, 0.5) is 11.4 Å². The molecule has 5 N–H and O–H groups in total. The molecule has 16 nitrogen and oxygen atoms in total. The summed E-state index contributed by atoms with van der Waals surface area (Å²) in [4.78, 5) is 15.3. The maximum absolute atomic E-state index is 12.2. The lowest BCUT2D eigenvalue weighted by molar-refractivity contribution is -0.438. The number of fused-ring (bicyclic) bond motifs is 2. The fourth-order valence-electron chi connectivity index (χ4n) is 7.54. The van der Waals surface area contributed by atoms with Crippen LogP contribution in [-0.4, -0.2) is 97.0 Å². The Labute approximate surface area is 334 Å². The number of allylic oxidation sites excluding steroid dienone is 4. The van der Waals surface area contributed by atoms with Crippen LogP contribution in [0.5, 0.6) is 0 Å². The van der Waals surface area contributed by atoms with E-state index in [0.29, 0.717) is 79.7 Å². The molecule has 20 heteroatoms. The number of rotatable bonds is 22. The van der Waals surface area contributed by atoms with Crippen molar-refractivity contribution < 1.29 is 66.4 Å². The van der Waals surface area contributed by atoms with E-state index in [1.807, 2.05) is 30.6 Å². The summed E-state index contributed by atoms with van der Waals surface area (Å²) in [5.74, 6) is -1.82. The number of carboxylic acid groups (broad SMARTS) is 1. The van der Waals surface area contributed by atoms with Crippen molar-refractivity contribution >= 4 is 69.2 Å². The van der Waals surface area contributed by atoms with Crippen molar-refractivity contribution in [2.75, 3.05) is 18.1 Å². The number of aliphatic carboxylic acids is 1. The number of nitrogens with zero attached hydrogens (tertiary/aromatic N) is 2. The lowest BCUT2D eigenvalue weighted by Gasteiger charge is -2.28. The van der Waals surface area contributed by atoms with E-state index in [1.54, 1.807) is 18.2 Å². The van der Waals surface area contributed by atoms with Gasteiger partial charge in [0.15, 0.2) is 5.71 Å². The van der Waals surface area contributed by atoms with Crippen molar-refractivity contribution in [2.45, 2.75) is 105 Å². The quantitative estimate of drug-likeness (QED) is 0.0402. The number of hydrogen-bond donors (Lipinski definition) is 5. The lowest BCUT2D eigenvalue weighted by atomic mass is 9.74. The third-order valence-electron chi connectivity index (χ3n) is 10.5. The average molecular weight is 874 g/mol. The second-order valence-corrected chi connectivity index (χ2v) is 20.7. The van der Waals surface area contributed by atoms with Crippen molar-refractivity contribution in [2.24, 2.45) is 4.99 Å². The third-order valence-corrected chi connectivity index (χ3v) is 13.8. The summed E-state index contributed by atoms with van der Waals surface area (Å²) in [6.07, 6.45) is 10.8. The second-order valence-electron chi connectivity index (χ2n) is 14.7. The molecule has 314 valence electrons. The van der Waals surface area contributed by atoms with Crippen molar-refractivity contribution in [1.29, 1.82) is 0 Å². The number of benzene rings is 2. The van der Waals surface area contributed by atoms with Gasteiger partial charge >= 0.3 is 5.97 Å². The average Bonchev–Trinajstić information content (AvgIpc) is 3.49. The molecule has 2 aromatic rings. The molecule has 0 spiro atoms. The maximum Gasteiger partial charge on any atom is 0.303 e. The van der Waals surface area contributed by atoms with Gasteiger partial charge in [-0.05, 0) is 74.9 Å². The molecule has 0 aromatic heterocycles. The molecular formula is C37H49N2O14S4+. The Kier molecular flexibility index (Phi) is 14.6. The molecular weight excluding hydrogens is 825 g/mol. The van der Waals surface area contributed by atoms with E-state index in [-0.39, 0.29) is 35.5 Å². The standard InChI is InChI=1S/C37H48N2O14S4/c1-36(20-9-11-23-54(42,43)44)29-25-27(56(48,49)50)16-18-31(29)38-33(36)13-5-3-6-14-34-37(2,21-8-4-7-15-35(40)41)30-26-28(57(51,52)53)17-19-32(30)39(34)22-10-12-24-55(45,46)47/h3,5-6,14,16-19,25-26H,4,7-13,15,20-24H2,1-2H3,(H4-,40,41,42,43,44,45,46,47,48,49,50,51,52,53)/p+1/b5-3+,14-6+. The van der Waals surface area contributed by atoms with Gasteiger partial charge in [-0.2, -0.15) is 38.2 Å². The number of unbranched alkanes of at least 4 members (excludes halogenated alkanes) is 4. The lowest BCUT2D eigenvalue weighted by Crippen LogP contribution is -2.31. The van der Waals surface area contributed by atoms with Crippen LogP contribution >= 0.6 is 0 Å². The fraction of sp³-hybridized carbons (Fsp3) is 0.486.